The van der Waals surface area contributed by atoms with Gasteiger partial charge >= 0.3 is 0 Å². The van der Waals surface area contributed by atoms with Crippen LogP contribution in [-0.2, 0) is 16.1 Å². The minimum Gasteiger partial charge on any atom is -0.482 e. The van der Waals surface area contributed by atoms with Crippen LogP contribution in [0.2, 0.25) is 0 Å². The van der Waals surface area contributed by atoms with Gasteiger partial charge in [0.05, 0.1) is 11.8 Å². The molecule has 1 fully saturated rings. The molecule has 0 aliphatic carbocycles. The molecule has 2 heterocycles. The van der Waals surface area contributed by atoms with Crippen molar-refractivity contribution >= 4 is 11.6 Å². The summed E-state index contributed by atoms with van der Waals surface area (Å²) in [5.74, 6) is 0.550. The first-order valence-electron chi connectivity index (χ1n) is 7.17. The minimum atomic E-state index is -0.800. The highest BCUT2D eigenvalue weighted by atomic mass is 16.5. The van der Waals surface area contributed by atoms with Gasteiger partial charge in [-0.05, 0) is 24.6 Å². The zero-order valence-corrected chi connectivity index (χ0v) is 12.0. The Bertz CT molecular complexity index is 548. The number of hydrogen-bond donors (Lipinski definition) is 3. The van der Waals surface area contributed by atoms with Gasteiger partial charge in [-0.2, -0.15) is 0 Å². The topological polar surface area (TPSA) is 79.8 Å². The molecular formula is C15H20N2O4. The maximum Gasteiger partial charge on any atom is 0.262 e. The Kier molecular flexibility index (Phi) is 3.84. The van der Waals surface area contributed by atoms with Gasteiger partial charge < -0.3 is 25.2 Å². The molecule has 6 heteroatoms. The molecule has 2 atom stereocenters. The zero-order valence-electron chi connectivity index (χ0n) is 12.0. The van der Waals surface area contributed by atoms with Crippen LogP contribution >= 0.6 is 0 Å². The van der Waals surface area contributed by atoms with Crippen molar-refractivity contribution in [3.05, 3.63) is 23.8 Å². The molecule has 0 radical (unpaired) electrons. The number of ether oxygens (including phenoxy) is 2. The van der Waals surface area contributed by atoms with Crippen LogP contribution in [0.5, 0.6) is 5.75 Å². The van der Waals surface area contributed by atoms with Crippen LogP contribution in [0, 0.1) is 0 Å². The van der Waals surface area contributed by atoms with E-state index in [2.05, 4.69) is 10.6 Å². The fourth-order valence-corrected chi connectivity index (χ4v) is 2.67. The van der Waals surface area contributed by atoms with Gasteiger partial charge in [-0.15, -0.1) is 0 Å². The molecule has 1 saturated heterocycles. The average Bonchev–Trinajstić information content (AvgIpc) is 2.78. The third kappa shape index (κ3) is 3.02. The lowest BCUT2D eigenvalue weighted by atomic mass is 9.96. The van der Waals surface area contributed by atoms with Crippen LogP contribution in [0.3, 0.4) is 0 Å². The van der Waals surface area contributed by atoms with Crippen molar-refractivity contribution in [2.24, 2.45) is 0 Å². The van der Waals surface area contributed by atoms with Crippen molar-refractivity contribution in [2.45, 2.75) is 31.6 Å². The van der Waals surface area contributed by atoms with Crippen LogP contribution in [0.15, 0.2) is 18.2 Å². The number of carbonyl (C=O) groups excluding carboxylic acids is 1. The summed E-state index contributed by atoms with van der Waals surface area (Å²) in [6.45, 7) is 3.64. The van der Waals surface area contributed by atoms with Gasteiger partial charge in [0.15, 0.2) is 6.61 Å². The molecule has 2 aliphatic heterocycles. The van der Waals surface area contributed by atoms with E-state index < -0.39 is 5.60 Å². The fraction of sp³-hybridized carbons (Fsp3) is 0.533. The Morgan fingerprint density at radius 1 is 1.52 bits per heavy atom. The second-order valence-corrected chi connectivity index (χ2v) is 5.64. The summed E-state index contributed by atoms with van der Waals surface area (Å²) in [7, 11) is 0. The van der Waals surface area contributed by atoms with E-state index in [4.69, 9.17) is 9.47 Å². The largest absolute Gasteiger partial charge is 0.482 e. The molecule has 1 aromatic rings. The molecule has 2 unspecified atom stereocenters. The average molecular weight is 292 g/mol. The predicted octanol–water partition coefficient (Wildman–Crippen LogP) is 0.647. The zero-order chi connectivity index (χ0) is 14.9. The van der Waals surface area contributed by atoms with Crippen LogP contribution in [0.1, 0.15) is 18.9 Å². The highest BCUT2D eigenvalue weighted by Gasteiger charge is 2.38. The maximum atomic E-state index is 11.3. The highest BCUT2D eigenvalue weighted by Crippen LogP contribution is 2.29. The number of benzene rings is 1. The van der Waals surface area contributed by atoms with Gasteiger partial charge in [0.2, 0.25) is 0 Å². The second kappa shape index (κ2) is 5.63. The SMILES string of the molecule is CC1OCCC1(O)CNCc1ccc2c(c1)NC(=O)CO2. The van der Waals surface area contributed by atoms with E-state index in [0.29, 0.717) is 37.6 Å². The van der Waals surface area contributed by atoms with Gasteiger partial charge in [-0.3, -0.25) is 4.79 Å². The quantitative estimate of drug-likeness (QED) is 0.759. The van der Waals surface area contributed by atoms with Crippen molar-refractivity contribution in [3.8, 4) is 5.75 Å². The lowest BCUT2D eigenvalue weighted by Gasteiger charge is -2.26. The third-order valence-corrected chi connectivity index (χ3v) is 4.10. The molecule has 0 saturated carbocycles. The lowest BCUT2D eigenvalue weighted by molar-refractivity contribution is -0.118. The maximum absolute atomic E-state index is 11.3. The summed E-state index contributed by atoms with van der Waals surface area (Å²) < 4.78 is 10.7. The Labute approximate surface area is 123 Å². The smallest absolute Gasteiger partial charge is 0.262 e. The Morgan fingerprint density at radius 3 is 3.14 bits per heavy atom. The Morgan fingerprint density at radius 2 is 2.38 bits per heavy atom. The van der Waals surface area contributed by atoms with Crippen molar-refractivity contribution in [2.75, 3.05) is 25.1 Å². The van der Waals surface area contributed by atoms with E-state index in [1.54, 1.807) is 0 Å². The van der Waals surface area contributed by atoms with Gasteiger partial charge in [0, 0.05) is 26.1 Å². The van der Waals surface area contributed by atoms with Crippen molar-refractivity contribution in [1.29, 1.82) is 0 Å². The molecule has 1 amide bonds. The molecule has 1 aromatic carbocycles. The van der Waals surface area contributed by atoms with Crippen molar-refractivity contribution in [1.82, 2.24) is 5.32 Å². The van der Waals surface area contributed by atoms with E-state index in [1.807, 2.05) is 25.1 Å². The van der Waals surface area contributed by atoms with Crippen LogP contribution < -0.4 is 15.4 Å². The van der Waals surface area contributed by atoms with Gasteiger partial charge in [0.25, 0.3) is 5.91 Å². The molecule has 21 heavy (non-hydrogen) atoms. The van der Waals surface area contributed by atoms with Crippen molar-refractivity contribution < 1.29 is 19.4 Å². The van der Waals surface area contributed by atoms with Gasteiger partial charge in [0.1, 0.15) is 11.4 Å². The van der Waals surface area contributed by atoms with E-state index in [1.165, 1.54) is 0 Å². The summed E-state index contributed by atoms with van der Waals surface area (Å²) in [6, 6.07) is 5.68. The lowest BCUT2D eigenvalue weighted by Crippen LogP contribution is -2.45. The summed E-state index contributed by atoms with van der Waals surface area (Å²) in [5, 5.41) is 16.4. The summed E-state index contributed by atoms with van der Waals surface area (Å²) in [5.41, 5.74) is 0.919. The van der Waals surface area contributed by atoms with E-state index in [0.717, 1.165) is 5.56 Å². The number of hydrogen-bond acceptors (Lipinski definition) is 5. The Balaban J connectivity index is 1.58. The number of anilines is 1. The van der Waals surface area contributed by atoms with Gasteiger partial charge in [-0.25, -0.2) is 0 Å². The minimum absolute atomic E-state index is 0.0650. The summed E-state index contributed by atoms with van der Waals surface area (Å²) >= 11 is 0. The third-order valence-electron chi connectivity index (χ3n) is 4.10. The number of aliphatic hydroxyl groups is 1. The molecule has 0 spiro atoms. The standard InChI is InChI=1S/C15H20N2O4/c1-10-15(19,4-5-20-10)9-16-7-11-2-3-13-12(6-11)17-14(18)8-21-13/h2-3,6,10,16,19H,4-5,7-9H2,1H3,(H,17,18). The molecular weight excluding hydrogens is 272 g/mol. The molecule has 3 rings (SSSR count). The van der Waals surface area contributed by atoms with E-state index in [9.17, 15) is 9.90 Å². The van der Waals surface area contributed by atoms with E-state index >= 15 is 0 Å². The number of nitrogens with one attached hydrogen (secondary N) is 2. The van der Waals surface area contributed by atoms with Crippen LogP contribution in [0.4, 0.5) is 5.69 Å². The van der Waals surface area contributed by atoms with Crippen LogP contribution in [0.25, 0.3) is 0 Å². The molecule has 6 nitrogen and oxygen atoms in total. The number of rotatable bonds is 4. The number of amides is 1. The molecule has 2 aliphatic rings. The van der Waals surface area contributed by atoms with Crippen molar-refractivity contribution in [3.63, 3.8) is 0 Å². The summed E-state index contributed by atoms with van der Waals surface area (Å²) in [4.78, 5) is 11.3. The Hall–Kier alpha value is -1.63. The predicted molar refractivity (Wildman–Crippen MR) is 77.3 cm³/mol. The van der Waals surface area contributed by atoms with Gasteiger partial charge in [-0.1, -0.05) is 6.07 Å². The molecule has 114 valence electrons. The summed E-state index contributed by atoms with van der Waals surface area (Å²) in [6.07, 6.45) is 0.496. The monoisotopic (exact) mass is 292 g/mol. The molecule has 0 bridgehead atoms. The highest BCUT2D eigenvalue weighted by molar-refractivity contribution is 5.95. The number of fused-ring (bicyclic) bond motifs is 1. The first kappa shape index (κ1) is 14.3. The molecule has 0 aromatic heterocycles. The van der Waals surface area contributed by atoms with E-state index in [-0.39, 0.29) is 18.6 Å². The molecule has 3 N–H and O–H groups in total. The van der Waals surface area contributed by atoms with Crippen LogP contribution in [-0.4, -0.2) is 42.5 Å². The first-order chi connectivity index (χ1) is 10.1. The number of carbonyl (C=O) groups is 1. The second-order valence-electron chi connectivity index (χ2n) is 5.64. The fourth-order valence-electron chi connectivity index (χ4n) is 2.67. The normalized spacial score (nSPS) is 27.9. The first-order valence-corrected chi connectivity index (χ1v) is 7.17.